The van der Waals surface area contributed by atoms with E-state index in [9.17, 15) is 4.39 Å². The van der Waals surface area contributed by atoms with Crippen molar-refractivity contribution in [1.82, 2.24) is 10.2 Å². The third-order valence-corrected chi connectivity index (χ3v) is 3.45. The number of nitrogens with zero attached hydrogens (tertiary/aromatic N) is 2. The number of nitrogens with one attached hydrogen (secondary N) is 1. The van der Waals surface area contributed by atoms with Crippen molar-refractivity contribution < 1.29 is 4.39 Å². The molecule has 23 heavy (non-hydrogen) atoms. The van der Waals surface area contributed by atoms with Gasteiger partial charge in [0.15, 0.2) is 5.96 Å². The van der Waals surface area contributed by atoms with Crippen LogP contribution in [0.5, 0.6) is 0 Å². The number of hydrogen-bond donors (Lipinski definition) is 1. The van der Waals surface area contributed by atoms with Gasteiger partial charge in [-0.2, -0.15) is 0 Å². The van der Waals surface area contributed by atoms with Gasteiger partial charge in [0.25, 0.3) is 0 Å². The van der Waals surface area contributed by atoms with Crippen LogP contribution in [-0.4, -0.2) is 31.5 Å². The van der Waals surface area contributed by atoms with Crippen molar-refractivity contribution in [3.8, 4) is 0 Å². The summed E-state index contributed by atoms with van der Waals surface area (Å²) in [5.74, 6) is 0.654. The normalized spacial score (nSPS) is 10.8. The lowest BCUT2D eigenvalue weighted by atomic mass is 10.1. The number of halogens is 2. The average molecular weight is 427 g/mol. The van der Waals surface area contributed by atoms with Crippen molar-refractivity contribution in [1.29, 1.82) is 0 Å². The van der Waals surface area contributed by atoms with Crippen LogP contribution in [-0.2, 0) is 13.0 Å². The molecule has 0 atom stereocenters. The summed E-state index contributed by atoms with van der Waals surface area (Å²) in [6.45, 7) is 1.56. The monoisotopic (exact) mass is 427 g/mol. The van der Waals surface area contributed by atoms with Crippen LogP contribution in [0.4, 0.5) is 4.39 Å². The molecule has 0 aromatic heterocycles. The summed E-state index contributed by atoms with van der Waals surface area (Å²) < 4.78 is 12.9. The first-order valence-corrected chi connectivity index (χ1v) is 7.39. The molecule has 0 bridgehead atoms. The second-order valence-corrected chi connectivity index (χ2v) is 5.19. The molecule has 1 N–H and O–H groups in total. The lowest BCUT2D eigenvalue weighted by Crippen LogP contribution is -2.39. The van der Waals surface area contributed by atoms with E-state index in [0.29, 0.717) is 0 Å². The van der Waals surface area contributed by atoms with Crippen LogP contribution in [0.25, 0.3) is 0 Å². The van der Waals surface area contributed by atoms with Crippen molar-refractivity contribution in [2.75, 3.05) is 20.6 Å². The number of aliphatic imine (C=N–C) groups is 1. The Labute approximate surface area is 154 Å². The molecule has 2 aromatic carbocycles. The topological polar surface area (TPSA) is 27.6 Å². The van der Waals surface area contributed by atoms with E-state index in [2.05, 4.69) is 27.3 Å². The van der Waals surface area contributed by atoms with E-state index < -0.39 is 0 Å². The zero-order valence-electron chi connectivity index (χ0n) is 13.5. The smallest absolute Gasteiger partial charge is 0.193 e. The zero-order chi connectivity index (χ0) is 15.8. The molecule has 0 saturated heterocycles. The number of guanidine groups is 1. The molecule has 0 heterocycles. The summed E-state index contributed by atoms with van der Waals surface area (Å²) in [4.78, 5) is 6.38. The Balaban J connectivity index is 0.00000264. The summed E-state index contributed by atoms with van der Waals surface area (Å²) in [5.41, 5.74) is 2.35. The third-order valence-electron chi connectivity index (χ3n) is 3.45. The quantitative estimate of drug-likeness (QED) is 0.448. The summed E-state index contributed by atoms with van der Waals surface area (Å²) >= 11 is 0. The van der Waals surface area contributed by atoms with E-state index in [4.69, 9.17) is 0 Å². The van der Waals surface area contributed by atoms with Gasteiger partial charge in [0.05, 0.1) is 0 Å². The summed E-state index contributed by atoms with van der Waals surface area (Å²) in [7, 11) is 3.79. The molecule has 5 heteroatoms. The highest BCUT2D eigenvalue weighted by molar-refractivity contribution is 14.0. The number of benzene rings is 2. The molecule has 3 nitrogen and oxygen atoms in total. The van der Waals surface area contributed by atoms with E-state index in [1.807, 2.05) is 37.4 Å². The van der Waals surface area contributed by atoms with Crippen LogP contribution in [0.3, 0.4) is 0 Å². The highest BCUT2D eigenvalue weighted by atomic mass is 127. The maximum Gasteiger partial charge on any atom is 0.193 e. The zero-order valence-corrected chi connectivity index (χ0v) is 15.8. The van der Waals surface area contributed by atoms with Gasteiger partial charge in [-0.1, -0.05) is 42.5 Å². The van der Waals surface area contributed by atoms with Gasteiger partial charge in [-0.05, 0) is 29.7 Å². The molecule has 124 valence electrons. The molecule has 0 aliphatic rings. The van der Waals surface area contributed by atoms with Crippen molar-refractivity contribution in [3.05, 3.63) is 71.5 Å². The number of rotatable bonds is 5. The predicted molar refractivity (Wildman–Crippen MR) is 105 cm³/mol. The Morgan fingerprint density at radius 1 is 1.04 bits per heavy atom. The first kappa shape index (κ1) is 19.4. The van der Waals surface area contributed by atoms with E-state index in [-0.39, 0.29) is 29.8 Å². The molecule has 0 aliphatic heterocycles. The lowest BCUT2D eigenvalue weighted by Gasteiger charge is -2.22. The summed E-state index contributed by atoms with van der Waals surface area (Å²) in [6, 6.07) is 16.9. The Kier molecular flexibility index (Phi) is 8.61. The van der Waals surface area contributed by atoms with Gasteiger partial charge < -0.3 is 10.2 Å². The van der Waals surface area contributed by atoms with Crippen LogP contribution >= 0.6 is 24.0 Å². The lowest BCUT2D eigenvalue weighted by molar-refractivity contribution is 0.477. The fourth-order valence-corrected chi connectivity index (χ4v) is 2.29. The Morgan fingerprint density at radius 2 is 1.70 bits per heavy atom. The minimum atomic E-state index is -0.199. The SMILES string of the molecule is CN=C(NCCc1ccc(F)cc1)N(C)Cc1ccccc1.I. The van der Waals surface area contributed by atoms with Crippen molar-refractivity contribution in [2.45, 2.75) is 13.0 Å². The molecule has 0 unspecified atom stereocenters. The standard InChI is InChI=1S/C18H22FN3.HI/c1-20-18(22(2)14-16-6-4-3-5-7-16)21-13-12-15-8-10-17(19)11-9-15;/h3-11H,12-14H2,1-2H3,(H,20,21);1H. The molecule has 0 amide bonds. The maximum atomic E-state index is 12.9. The van der Waals surface area contributed by atoms with Gasteiger partial charge in [0.2, 0.25) is 0 Å². The maximum absolute atomic E-state index is 12.9. The molecular formula is C18H23FIN3. The molecular weight excluding hydrogens is 404 g/mol. The van der Waals surface area contributed by atoms with Crippen LogP contribution in [0.2, 0.25) is 0 Å². The van der Waals surface area contributed by atoms with Gasteiger partial charge in [0.1, 0.15) is 5.82 Å². The molecule has 2 aromatic rings. The molecule has 0 spiro atoms. The second kappa shape index (κ2) is 10.2. The van der Waals surface area contributed by atoms with Crippen LogP contribution in [0.15, 0.2) is 59.6 Å². The third kappa shape index (κ3) is 6.56. The van der Waals surface area contributed by atoms with E-state index >= 15 is 0 Å². The fraction of sp³-hybridized carbons (Fsp3) is 0.278. The predicted octanol–water partition coefficient (Wildman–Crippen LogP) is 3.69. The summed E-state index contributed by atoms with van der Waals surface area (Å²) in [6.07, 6.45) is 0.832. The minimum absolute atomic E-state index is 0. The Hall–Kier alpha value is -1.63. The minimum Gasteiger partial charge on any atom is -0.356 e. The Bertz CT molecular complexity index is 599. The van der Waals surface area contributed by atoms with Gasteiger partial charge in [0, 0.05) is 27.2 Å². The van der Waals surface area contributed by atoms with Gasteiger partial charge in [-0.15, -0.1) is 24.0 Å². The van der Waals surface area contributed by atoms with E-state index in [1.165, 1.54) is 17.7 Å². The van der Waals surface area contributed by atoms with Crippen LogP contribution in [0, 0.1) is 5.82 Å². The van der Waals surface area contributed by atoms with Gasteiger partial charge >= 0.3 is 0 Å². The van der Waals surface area contributed by atoms with Crippen molar-refractivity contribution in [2.24, 2.45) is 4.99 Å². The molecule has 0 fully saturated rings. The average Bonchev–Trinajstić information content (AvgIpc) is 2.54. The fourth-order valence-electron chi connectivity index (χ4n) is 2.29. The molecule has 0 aliphatic carbocycles. The highest BCUT2D eigenvalue weighted by Crippen LogP contribution is 2.04. The highest BCUT2D eigenvalue weighted by Gasteiger charge is 2.06. The van der Waals surface area contributed by atoms with Crippen LogP contribution in [0.1, 0.15) is 11.1 Å². The van der Waals surface area contributed by atoms with Crippen molar-refractivity contribution in [3.63, 3.8) is 0 Å². The molecule has 2 rings (SSSR count). The second-order valence-electron chi connectivity index (χ2n) is 5.19. The van der Waals surface area contributed by atoms with Crippen molar-refractivity contribution >= 4 is 29.9 Å². The van der Waals surface area contributed by atoms with E-state index in [1.54, 1.807) is 7.05 Å². The molecule has 0 saturated carbocycles. The first-order chi connectivity index (χ1) is 10.7. The Morgan fingerprint density at radius 3 is 2.30 bits per heavy atom. The largest absolute Gasteiger partial charge is 0.356 e. The first-order valence-electron chi connectivity index (χ1n) is 7.39. The van der Waals surface area contributed by atoms with Gasteiger partial charge in [-0.3, -0.25) is 4.99 Å². The summed E-state index contributed by atoms with van der Waals surface area (Å²) in [5, 5.41) is 3.33. The number of hydrogen-bond acceptors (Lipinski definition) is 1. The van der Waals surface area contributed by atoms with Gasteiger partial charge in [-0.25, -0.2) is 4.39 Å². The molecule has 0 radical (unpaired) electrons. The van der Waals surface area contributed by atoms with Crippen LogP contribution < -0.4 is 5.32 Å². The van der Waals surface area contributed by atoms with E-state index in [0.717, 1.165) is 31.0 Å².